The molecular formula is C17H19NO4S. The summed E-state index contributed by atoms with van der Waals surface area (Å²) >= 11 is 0. The highest BCUT2D eigenvalue weighted by Gasteiger charge is 2.15. The molecule has 1 N–H and O–H groups in total. The Kier molecular flexibility index (Phi) is 5.05. The zero-order chi connectivity index (χ0) is 17.0. The molecule has 1 amide bonds. The predicted octanol–water partition coefficient (Wildman–Crippen LogP) is 2.59. The summed E-state index contributed by atoms with van der Waals surface area (Å²) in [6, 6.07) is 13.1. The first-order valence-corrected chi connectivity index (χ1v) is 8.96. The summed E-state index contributed by atoms with van der Waals surface area (Å²) in [6.45, 7) is 1.86. The average Bonchev–Trinajstić information content (AvgIpc) is 2.54. The minimum atomic E-state index is -3.27. The minimum Gasteiger partial charge on any atom is -0.496 e. The topological polar surface area (TPSA) is 72.5 Å². The quantitative estimate of drug-likeness (QED) is 0.913. The molecule has 5 nitrogen and oxygen atoms in total. The van der Waals surface area contributed by atoms with Crippen molar-refractivity contribution in [2.24, 2.45) is 0 Å². The van der Waals surface area contributed by atoms with Crippen LogP contribution in [-0.4, -0.2) is 27.7 Å². The van der Waals surface area contributed by atoms with Crippen molar-refractivity contribution >= 4 is 15.7 Å². The summed E-state index contributed by atoms with van der Waals surface area (Å²) < 4.78 is 28.2. The van der Waals surface area contributed by atoms with Gasteiger partial charge in [-0.1, -0.05) is 18.2 Å². The van der Waals surface area contributed by atoms with Crippen molar-refractivity contribution in [2.75, 3.05) is 13.4 Å². The lowest BCUT2D eigenvalue weighted by atomic mass is 10.1. The zero-order valence-corrected chi connectivity index (χ0v) is 14.1. The van der Waals surface area contributed by atoms with Crippen molar-refractivity contribution in [1.29, 1.82) is 0 Å². The van der Waals surface area contributed by atoms with Gasteiger partial charge in [0.15, 0.2) is 9.84 Å². The van der Waals surface area contributed by atoms with Gasteiger partial charge in [-0.25, -0.2) is 8.42 Å². The fraction of sp³-hybridized carbons (Fsp3) is 0.235. The predicted molar refractivity (Wildman–Crippen MR) is 88.4 cm³/mol. The van der Waals surface area contributed by atoms with Gasteiger partial charge in [-0.3, -0.25) is 4.79 Å². The zero-order valence-electron chi connectivity index (χ0n) is 13.2. The van der Waals surface area contributed by atoms with Crippen LogP contribution in [0.2, 0.25) is 0 Å². The number of rotatable bonds is 5. The second kappa shape index (κ2) is 6.83. The fourth-order valence-corrected chi connectivity index (χ4v) is 2.87. The molecule has 0 radical (unpaired) electrons. The molecule has 0 aliphatic rings. The monoisotopic (exact) mass is 333 g/mol. The van der Waals surface area contributed by atoms with Gasteiger partial charge in [-0.15, -0.1) is 0 Å². The highest BCUT2D eigenvalue weighted by molar-refractivity contribution is 7.90. The molecule has 1 atom stereocenters. The van der Waals surface area contributed by atoms with Crippen molar-refractivity contribution in [3.05, 3.63) is 59.7 Å². The van der Waals surface area contributed by atoms with Crippen LogP contribution in [-0.2, 0) is 9.84 Å². The third kappa shape index (κ3) is 4.10. The van der Waals surface area contributed by atoms with Crippen molar-refractivity contribution in [3.63, 3.8) is 0 Å². The summed E-state index contributed by atoms with van der Waals surface area (Å²) in [5.41, 5.74) is 1.27. The molecular weight excluding hydrogens is 314 g/mol. The van der Waals surface area contributed by atoms with Crippen LogP contribution in [0.3, 0.4) is 0 Å². The van der Waals surface area contributed by atoms with Gasteiger partial charge in [-0.2, -0.15) is 0 Å². The number of carbonyl (C=O) groups is 1. The van der Waals surface area contributed by atoms with E-state index in [1.165, 1.54) is 24.3 Å². The van der Waals surface area contributed by atoms with E-state index in [-0.39, 0.29) is 16.8 Å². The standard InChI is InChI=1S/C17H19NO4S/c1-12(15-6-4-5-7-16(15)22-2)18-17(19)13-8-10-14(11-9-13)23(3,20)21/h4-12H,1-3H3,(H,18,19). The van der Waals surface area contributed by atoms with Crippen LogP contribution in [0.15, 0.2) is 53.4 Å². The Hall–Kier alpha value is -2.34. The van der Waals surface area contributed by atoms with Crippen molar-refractivity contribution in [1.82, 2.24) is 5.32 Å². The largest absolute Gasteiger partial charge is 0.496 e. The summed E-state index contributed by atoms with van der Waals surface area (Å²) in [5.74, 6) is 0.427. The minimum absolute atomic E-state index is 0.187. The Morgan fingerprint density at radius 3 is 2.26 bits per heavy atom. The number of ether oxygens (including phenoxy) is 1. The molecule has 1 unspecified atom stereocenters. The molecule has 0 spiro atoms. The van der Waals surface area contributed by atoms with Crippen LogP contribution in [0.25, 0.3) is 0 Å². The van der Waals surface area contributed by atoms with Crippen LogP contribution < -0.4 is 10.1 Å². The molecule has 2 aromatic carbocycles. The number of para-hydroxylation sites is 1. The molecule has 0 aliphatic carbocycles. The Morgan fingerprint density at radius 2 is 1.70 bits per heavy atom. The lowest BCUT2D eigenvalue weighted by Crippen LogP contribution is -2.26. The molecule has 2 aromatic rings. The Bertz CT molecular complexity index is 798. The highest BCUT2D eigenvalue weighted by Crippen LogP contribution is 2.24. The molecule has 0 bridgehead atoms. The number of hydrogen-bond donors (Lipinski definition) is 1. The average molecular weight is 333 g/mol. The molecule has 0 heterocycles. The first-order chi connectivity index (χ1) is 10.8. The number of carbonyl (C=O) groups excluding carboxylic acids is 1. The van der Waals surface area contributed by atoms with Crippen LogP contribution in [0.1, 0.15) is 28.9 Å². The Balaban J connectivity index is 2.15. The lowest BCUT2D eigenvalue weighted by molar-refractivity contribution is 0.0939. The number of methoxy groups -OCH3 is 1. The number of amides is 1. The van der Waals surface area contributed by atoms with Gasteiger partial charge in [0.25, 0.3) is 5.91 Å². The van der Waals surface area contributed by atoms with E-state index < -0.39 is 9.84 Å². The number of benzene rings is 2. The van der Waals surface area contributed by atoms with E-state index in [9.17, 15) is 13.2 Å². The molecule has 2 rings (SSSR count). The van der Waals surface area contributed by atoms with E-state index in [1.54, 1.807) is 7.11 Å². The van der Waals surface area contributed by atoms with E-state index in [0.717, 1.165) is 11.8 Å². The van der Waals surface area contributed by atoms with Crippen molar-refractivity contribution < 1.29 is 17.9 Å². The third-order valence-corrected chi connectivity index (χ3v) is 4.63. The smallest absolute Gasteiger partial charge is 0.251 e. The summed E-state index contributed by atoms with van der Waals surface area (Å²) in [6.07, 6.45) is 1.13. The van der Waals surface area contributed by atoms with E-state index >= 15 is 0 Å². The third-order valence-electron chi connectivity index (χ3n) is 3.50. The van der Waals surface area contributed by atoms with Gasteiger partial charge in [0.1, 0.15) is 5.75 Å². The first-order valence-electron chi connectivity index (χ1n) is 7.07. The summed E-state index contributed by atoms with van der Waals surface area (Å²) in [5, 5.41) is 2.88. The summed E-state index contributed by atoms with van der Waals surface area (Å²) in [7, 11) is -1.69. The maximum absolute atomic E-state index is 12.3. The first kappa shape index (κ1) is 17.0. The molecule has 0 saturated heterocycles. The van der Waals surface area contributed by atoms with Gasteiger partial charge in [0.2, 0.25) is 0 Å². The molecule has 0 fully saturated rings. The highest BCUT2D eigenvalue weighted by atomic mass is 32.2. The summed E-state index contributed by atoms with van der Waals surface area (Å²) in [4.78, 5) is 12.5. The molecule has 6 heteroatoms. The van der Waals surface area contributed by atoms with E-state index in [0.29, 0.717) is 11.3 Å². The SMILES string of the molecule is COc1ccccc1C(C)NC(=O)c1ccc(S(C)(=O)=O)cc1. The maximum Gasteiger partial charge on any atom is 0.251 e. The van der Waals surface area contributed by atoms with Gasteiger partial charge < -0.3 is 10.1 Å². The molecule has 122 valence electrons. The second-order valence-electron chi connectivity index (χ2n) is 5.23. The van der Waals surface area contributed by atoms with Gasteiger partial charge in [0.05, 0.1) is 18.0 Å². The molecule has 0 aliphatic heterocycles. The van der Waals surface area contributed by atoms with Gasteiger partial charge in [-0.05, 0) is 37.3 Å². The van der Waals surface area contributed by atoms with Crippen LogP contribution in [0, 0.1) is 0 Å². The van der Waals surface area contributed by atoms with E-state index in [4.69, 9.17) is 4.74 Å². The van der Waals surface area contributed by atoms with Crippen molar-refractivity contribution in [3.8, 4) is 5.75 Å². The molecule has 0 aromatic heterocycles. The number of nitrogens with one attached hydrogen (secondary N) is 1. The number of sulfone groups is 1. The maximum atomic E-state index is 12.3. The van der Waals surface area contributed by atoms with Gasteiger partial charge in [0, 0.05) is 17.4 Å². The Morgan fingerprint density at radius 1 is 1.09 bits per heavy atom. The number of hydrogen-bond acceptors (Lipinski definition) is 4. The normalized spacial score (nSPS) is 12.5. The van der Waals surface area contributed by atoms with Crippen molar-refractivity contribution in [2.45, 2.75) is 17.9 Å². The lowest BCUT2D eigenvalue weighted by Gasteiger charge is -2.17. The van der Waals surface area contributed by atoms with Crippen LogP contribution in [0.5, 0.6) is 5.75 Å². The van der Waals surface area contributed by atoms with Gasteiger partial charge >= 0.3 is 0 Å². The van der Waals surface area contributed by atoms with E-state index in [1.807, 2.05) is 31.2 Å². The van der Waals surface area contributed by atoms with E-state index in [2.05, 4.69) is 5.32 Å². The Labute approximate surface area is 136 Å². The molecule has 0 saturated carbocycles. The van der Waals surface area contributed by atoms with Crippen LogP contribution in [0.4, 0.5) is 0 Å². The molecule has 23 heavy (non-hydrogen) atoms. The fourth-order valence-electron chi connectivity index (χ4n) is 2.24. The van der Waals surface area contributed by atoms with Crippen LogP contribution >= 0.6 is 0 Å². The second-order valence-corrected chi connectivity index (χ2v) is 7.25.